The summed E-state index contributed by atoms with van der Waals surface area (Å²) in [5.74, 6) is 0.214. The second-order valence-corrected chi connectivity index (χ2v) is 4.09. The van der Waals surface area contributed by atoms with Crippen molar-refractivity contribution in [1.29, 1.82) is 0 Å². The zero-order valence-corrected chi connectivity index (χ0v) is 10.9. The van der Waals surface area contributed by atoms with Gasteiger partial charge in [0.25, 0.3) is 0 Å². The fourth-order valence-corrected chi connectivity index (χ4v) is 1.72. The quantitative estimate of drug-likeness (QED) is 0.640. The summed E-state index contributed by atoms with van der Waals surface area (Å²) >= 11 is 0. The molecule has 2 radical (unpaired) electrons. The Morgan fingerprint density at radius 3 is 2.72 bits per heavy atom. The first-order chi connectivity index (χ1) is 8.46. The van der Waals surface area contributed by atoms with Crippen LogP contribution in [0.3, 0.4) is 0 Å². The van der Waals surface area contributed by atoms with Crippen LogP contribution in [0.1, 0.15) is 13.8 Å². The molecule has 98 valence electrons. The normalized spacial score (nSPS) is 13.3. The van der Waals surface area contributed by atoms with Gasteiger partial charge in [-0.05, 0) is 11.5 Å². The maximum absolute atomic E-state index is 12.3. The van der Waals surface area contributed by atoms with Crippen LogP contribution in [0.2, 0.25) is 0 Å². The Bertz CT molecular complexity index is 521. The molecule has 18 heavy (non-hydrogen) atoms. The molecule has 5 nitrogen and oxygen atoms in total. The largest absolute Gasteiger partial charge is 0.490 e. The highest BCUT2D eigenvalue weighted by Crippen LogP contribution is 2.30. The number of hydrogen-bond acceptors (Lipinski definition) is 5. The van der Waals surface area contributed by atoms with Crippen LogP contribution in [0.15, 0.2) is 12.1 Å². The van der Waals surface area contributed by atoms with Crippen LogP contribution in [0, 0.1) is 0 Å². The van der Waals surface area contributed by atoms with Crippen LogP contribution in [0.4, 0.5) is 9.57 Å². The van der Waals surface area contributed by atoms with Gasteiger partial charge in [-0.25, -0.2) is 0 Å². The van der Waals surface area contributed by atoms with E-state index in [2.05, 4.69) is 9.50 Å². The summed E-state index contributed by atoms with van der Waals surface area (Å²) in [5, 5.41) is 2.94. The minimum absolute atomic E-state index is 0.0105. The lowest BCUT2D eigenvalue weighted by Gasteiger charge is -2.20. The van der Waals surface area contributed by atoms with Crippen molar-refractivity contribution in [3.63, 3.8) is 0 Å². The number of hydrogen-bond donors (Lipinski definition) is 1. The molecule has 0 saturated carbocycles. The average molecular weight is 273 g/mol. The molecule has 1 aliphatic rings. The minimum Gasteiger partial charge on any atom is -0.490 e. The third-order valence-corrected chi connectivity index (χ3v) is 2.36. The van der Waals surface area contributed by atoms with Gasteiger partial charge >= 0.3 is 10.5 Å². The molecular weight excluding hydrogens is 260 g/mol. The van der Waals surface area contributed by atoms with Crippen molar-refractivity contribution in [2.24, 2.45) is 0 Å². The highest BCUT2D eigenvalue weighted by atomic mass is 32.3. The van der Waals surface area contributed by atoms with Gasteiger partial charge in [-0.1, -0.05) is 17.7 Å². The molecule has 0 spiro atoms. The monoisotopic (exact) mass is 273 g/mol. The van der Waals surface area contributed by atoms with E-state index in [0.717, 1.165) is 0 Å². The van der Waals surface area contributed by atoms with Crippen molar-refractivity contribution in [3.05, 3.63) is 12.1 Å². The number of rotatable bonds is 2. The van der Waals surface area contributed by atoms with Gasteiger partial charge < -0.3 is 14.2 Å². The summed E-state index contributed by atoms with van der Waals surface area (Å²) in [4.78, 5) is 0. The van der Waals surface area contributed by atoms with E-state index in [-0.39, 0.29) is 11.2 Å². The lowest BCUT2D eigenvalue weighted by Crippen LogP contribution is -2.21. The predicted molar refractivity (Wildman–Crippen MR) is 67.8 cm³/mol. The van der Waals surface area contributed by atoms with Crippen LogP contribution in [-0.4, -0.2) is 29.4 Å². The van der Waals surface area contributed by atoms with E-state index >= 15 is 0 Å². The predicted octanol–water partition coefficient (Wildman–Crippen LogP) is 0.904. The van der Waals surface area contributed by atoms with Gasteiger partial charge in [0, 0.05) is 12.6 Å². The van der Waals surface area contributed by atoms with Crippen molar-refractivity contribution in [3.8, 4) is 11.5 Å². The van der Waals surface area contributed by atoms with E-state index in [1.165, 1.54) is 12.1 Å². The number of halogens is 1. The Hall–Kier alpha value is -1.44. The van der Waals surface area contributed by atoms with E-state index in [0.29, 0.717) is 24.6 Å². The number of fused-ring (bicyclic) bond motifs is 1. The fourth-order valence-electron chi connectivity index (χ4n) is 1.36. The molecule has 0 unspecified atom stereocenters. The smallest absolute Gasteiger partial charge is 0.488 e. The van der Waals surface area contributed by atoms with E-state index < -0.39 is 10.5 Å². The lowest BCUT2D eigenvalue weighted by atomic mass is 9.94. The maximum Gasteiger partial charge on any atom is 0.488 e. The summed E-state index contributed by atoms with van der Waals surface area (Å²) in [7, 11) is 0.413. The van der Waals surface area contributed by atoms with Gasteiger partial charge in [-0.15, -0.1) is 0 Å². The average Bonchev–Trinajstić information content (AvgIpc) is 2.31. The molecule has 0 aliphatic carbocycles. The summed E-state index contributed by atoms with van der Waals surface area (Å²) in [6.45, 7) is 5.05. The number of anilines is 1. The number of nitrogens with one attached hydrogen (secondary N) is 1. The Morgan fingerprint density at radius 1 is 1.44 bits per heavy atom. The van der Waals surface area contributed by atoms with Crippen LogP contribution < -0.4 is 19.7 Å². The van der Waals surface area contributed by atoms with Crippen molar-refractivity contribution >= 4 is 29.5 Å². The van der Waals surface area contributed by atoms with Gasteiger partial charge in [0.15, 0.2) is 0 Å². The lowest BCUT2D eigenvalue weighted by molar-refractivity contribution is 0.323. The molecule has 1 aromatic rings. The van der Waals surface area contributed by atoms with Crippen molar-refractivity contribution in [2.45, 2.75) is 13.8 Å². The molecule has 0 aromatic heterocycles. The second-order valence-electron chi connectivity index (χ2n) is 3.14. The molecule has 8 heteroatoms. The molecule has 1 aliphatic heterocycles. The Balaban J connectivity index is 0.000000771. The first-order valence-electron chi connectivity index (χ1n) is 5.40. The molecule has 0 saturated heterocycles. The zero-order chi connectivity index (χ0) is 13.8. The van der Waals surface area contributed by atoms with E-state index in [4.69, 9.17) is 12.6 Å². The second kappa shape index (κ2) is 5.95. The summed E-state index contributed by atoms with van der Waals surface area (Å²) in [6, 6.07) is 2.66. The topological polar surface area (TPSA) is 64.6 Å². The molecule has 1 heterocycles. The van der Waals surface area contributed by atoms with Crippen molar-refractivity contribution in [2.75, 3.05) is 18.5 Å². The van der Waals surface area contributed by atoms with Gasteiger partial charge in [-0.3, -0.25) is 0 Å². The molecule has 0 bridgehead atoms. The summed E-state index contributed by atoms with van der Waals surface area (Å²) < 4.78 is 42.3. The Labute approximate surface area is 107 Å². The highest BCUT2D eigenvalue weighted by Gasteiger charge is 2.17. The summed E-state index contributed by atoms with van der Waals surface area (Å²) in [5.41, 5.74) is 0.503. The van der Waals surface area contributed by atoms with Gasteiger partial charge in [-0.2, -0.15) is 8.42 Å². The van der Waals surface area contributed by atoms with E-state index in [1.54, 1.807) is 0 Å². The standard InChI is InChI=1S/C8H7BFNO4S.C2H6/c9-5-3-8-6(11-1-2-14-8)4-7(5)15-16(10,12)13;1-2/h3-4,11H,1-2H2;1-2H3. The minimum atomic E-state index is -5.07. The zero-order valence-electron chi connectivity index (χ0n) is 10.1. The molecule has 0 amide bonds. The van der Waals surface area contributed by atoms with Crippen LogP contribution in [-0.2, 0) is 10.5 Å². The van der Waals surface area contributed by atoms with E-state index in [9.17, 15) is 12.3 Å². The third kappa shape index (κ3) is 3.80. The van der Waals surface area contributed by atoms with Crippen molar-refractivity contribution < 1.29 is 21.2 Å². The first kappa shape index (κ1) is 14.6. The Morgan fingerprint density at radius 2 is 2.11 bits per heavy atom. The fraction of sp³-hybridized carbons (Fsp3) is 0.400. The molecule has 2 rings (SSSR count). The molecule has 1 N–H and O–H groups in total. The van der Waals surface area contributed by atoms with Crippen LogP contribution >= 0.6 is 0 Å². The molecule has 1 aromatic carbocycles. The van der Waals surface area contributed by atoms with Crippen LogP contribution in [0.25, 0.3) is 0 Å². The molecule has 0 fully saturated rings. The van der Waals surface area contributed by atoms with E-state index in [1.807, 2.05) is 13.8 Å². The van der Waals surface area contributed by atoms with Gasteiger partial charge in [0.05, 0.1) is 5.69 Å². The van der Waals surface area contributed by atoms with Gasteiger partial charge in [0.1, 0.15) is 26.0 Å². The van der Waals surface area contributed by atoms with Crippen LogP contribution in [0.5, 0.6) is 11.5 Å². The Kier molecular flexibility index (Phi) is 4.83. The SMILES string of the molecule is CC.[B]c1cc2c(cc1OS(=O)(=O)F)NCCO2. The number of benzene rings is 1. The molecule has 0 atom stereocenters. The first-order valence-corrected chi connectivity index (χ1v) is 6.71. The maximum atomic E-state index is 12.3. The molecular formula is C10H13BFNO4S. The third-order valence-electron chi connectivity index (χ3n) is 1.98. The van der Waals surface area contributed by atoms with Crippen molar-refractivity contribution in [1.82, 2.24) is 0 Å². The highest BCUT2D eigenvalue weighted by molar-refractivity contribution is 7.81. The summed E-state index contributed by atoms with van der Waals surface area (Å²) in [6.07, 6.45) is 0. The van der Waals surface area contributed by atoms with Gasteiger partial charge in [0.2, 0.25) is 0 Å². The number of ether oxygens (including phenoxy) is 1.